The number of aromatic hydroxyl groups is 1. The van der Waals surface area contributed by atoms with Gasteiger partial charge in [-0.3, -0.25) is 20.0 Å². The van der Waals surface area contributed by atoms with Crippen LogP contribution in [0.1, 0.15) is 15.9 Å². The number of fused-ring (bicyclic) bond motifs is 1. The molecule has 0 unspecified atom stereocenters. The summed E-state index contributed by atoms with van der Waals surface area (Å²) in [5, 5.41) is 11.7. The van der Waals surface area contributed by atoms with E-state index in [1.165, 1.54) is 12.1 Å². The molecule has 0 saturated carbocycles. The Bertz CT molecular complexity index is 1150. The zero-order chi connectivity index (χ0) is 19.7. The van der Waals surface area contributed by atoms with Gasteiger partial charge in [-0.15, -0.1) is 0 Å². The van der Waals surface area contributed by atoms with Crippen molar-refractivity contribution in [2.45, 2.75) is 0 Å². The molecule has 0 radical (unpaired) electrons. The number of phenols is 1. The van der Waals surface area contributed by atoms with Crippen molar-refractivity contribution in [2.24, 2.45) is 0 Å². The molecule has 1 saturated heterocycles. The second-order valence-corrected chi connectivity index (χ2v) is 7.57. The molecule has 2 amide bonds. The van der Waals surface area contributed by atoms with E-state index in [-0.39, 0.29) is 15.6 Å². The van der Waals surface area contributed by atoms with Crippen LogP contribution < -0.4 is 5.43 Å². The molecular formula is C20H13N3O3S2. The number of benzene rings is 2. The van der Waals surface area contributed by atoms with Gasteiger partial charge in [-0.05, 0) is 48.1 Å². The fraction of sp³-hybridized carbons (Fsp3) is 0. The summed E-state index contributed by atoms with van der Waals surface area (Å²) in [6.07, 6.45) is 3.41. The number of carbonyl (C=O) groups is 2. The first-order valence-electron chi connectivity index (χ1n) is 8.25. The van der Waals surface area contributed by atoms with Gasteiger partial charge in [0.05, 0.1) is 16.0 Å². The van der Waals surface area contributed by atoms with Gasteiger partial charge in [-0.2, -0.15) is 5.01 Å². The number of hydrazine groups is 1. The van der Waals surface area contributed by atoms with Crippen LogP contribution in [-0.2, 0) is 4.79 Å². The van der Waals surface area contributed by atoms with Crippen molar-refractivity contribution in [3.63, 3.8) is 0 Å². The van der Waals surface area contributed by atoms with Crippen LogP contribution in [0.2, 0.25) is 0 Å². The van der Waals surface area contributed by atoms with Crippen molar-refractivity contribution in [1.29, 1.82) is 0 Å². The fourth-order valence-corrected chi connectivity index (χ4v) is 3.95. The lowest BCUT2D eigenvalue weighted by molar-refractivity contribution is -0.123. The molecule has 0 bridgehead atoms. The van der Waals surface area contributed by atoms with Gasteiger partial charge in [0, 0.05) is 11.6 Å². The lowest BCUT2D eigenvalue weighted by atomic mass is 10.1. The standard InChI is InChI=1S/C20H13N3O3S2/c24-16-8-4-2-6-14(16)18(25)22-23-19(26)17(28-20(23)27)11-12-9-10-21-15-7-3-1-5-13(12)15/h1-11,24H,(H,22,25). The third-order valence-electron chi connectivity index (χ3n) is 4.13. The van der Waals surface area contributed by atoms with Crippen molar-refractivity contribution in [2.75, 3.05) is 0 Å². The van der Waals surface area contributed by atoms with Gasteiger partial charge < -0.3 is 5.11 Å². The number of nitrogens with zero attached hydrogens (tertiary/aromatic N) is 2. The minimum absolute atomic E-state index is 0.0562. The van der Waals surface area contributed by atoms with Crippen LogP contribution in [0, 0.1) is 0 Å². The summed E-state index contributed by atoms with van der Waals surface area (Å²) in [7, 11) is 0. The summed E-state index contributed by atoms with van der Waals surface area (Å²) in [4.78, 5) is 29.9. The number of para-hydroxylation sites is 2. The molecule has 4 rings (SSSR count). The van der Waals surface area contributed by atoms with E-state index in [0.29, 0.717) is 4.91 Å². The van der Waals surface area contributed by atoms with Crippen LogP contribution in [0.3, 0.4) is 0 Å². The van der Waals surface area contributed by atoms with E-state index in [4.69, 9.17) is 12.2 Å². The van der Waals surface area contributed by atoms with E-state index >= 15 is 0 Å². The van der Waals surface area contributed by atoms with Gasteiger partial charge in [0.1, 0.15) is 5.75 Å². The molecule has 0 aliphatic carbocycles. The molecular weight excluding hydrogens is 394 g/mol. The Morgan fingerprint density at radius 3 is 2.71 bits per heavy atom. The Morgan fingerprint density at radius 2 is 1.89 bits per heavy atom. The SMILES string of the molecule is O=C(NN1C(=O)C(=Cc2ccnc3ccccc23)SC1=S)c1ccccc1O. The number of thioether (sulfide) groups is 1. The second-order valence-electron chi connectivity index (χ2n) is 5.89. The molecule has 8 heteroatoms. The zero-order valence-electron chi connectivity index (χ0n) is 14.3. The van der Waals surface area contributed by atoms with Crippen molar-refractivity contribution in [3.8, 4) is 5.75 Å². The predicted molar refractivity (Wildman–Crippen MR) is 112 cm³/mol. The van der Waals surface area contributed by atoms with Crippen LogP contribution in [-0.4, -0.2) is 31.2 Å². The van der Waals surface area contributed by atoms with Gasteiger partial charge in [-0.1, -0.05) is 42.1 Å². The minimum Gasteiger partial charge on any atom is -0.507 e. The van der Waals surface area contributed by atoms with Crippen LogP contribution in [0.15, 0.2) is 65.7 Å². The highest BCUT2D eigenvalue weighted by atomic mass is 32.2. The van der Waals surface area contributed by atoms with Gasteiger partial charge in [0.2, 0.25) is 0 Å². The van der Waals surface area contributed by atoms with E-state index in [2.05, 4.69) is 10.4 Å². The Kier molecular flexibility index (Phi) is 4.81. The smallest absolute Gasteiger partial charge is 0.285 e. The van der Waals surface area contributed by atoms with Crippen LogP contribution in [0.5, 0.6) is 5.75 Å². The molecule has 28 heavy (non-hydrogen) atoms. The van der Waals surface area contributed by atoms with Gasteiger partial charge in [0.15, 0.2) is 4.32 Å². The fourth-order valence-electron chi connectivity index (χ4n) is 2.78. The number of amides is 2. The Morgan fingerprint density at radius 1 is 1.14 bits per heavy atom. The molecule has 1 aliphatic rings. The van der Waals surface area contributed by atoms with E-state index in [1.807, 2.05) is 30.3 Å². The maximum atomic E-state index is 12.8. The summed E-state index contributed by atoms with van der Waals surface area (Å²) in [5.74, 6) is -1.23. The number of hydrogen-bond donors (Lipinski definition) is 2. The third kappa shape index (κ3) is 3.35. The molecule has 2 heterocycles. The Labute approximate surface area is 169 Å². The highest BCUT2D eigenvalue weighted by Crippen LogP contribution is 2.33. The van der Waals surface area contributed by atoms with Crippen molar-refractivity contribution >= 4 is 57.1 Å². The molecule has 1 fully saturated rings. The topological polar surface area (TPSA) is 82.5 Å². The normalized spacial score (nSPS) is 15.4. The number of phenolic OH excluding ortho intramolecular Hbond substituents is 1. The second kappa shape index (κ2) is 7.41. The largest absolute Gasteiger partial charge is 0.507 e. The number of carbonyl (C=O) groups excluding carboxylic acids is 2. The average molecular weight is 407 g/mol. The highest BCUT2D eigenvalue weighted by Gasteiger charge is 2.34. The number of nitrogens with one attached hydrogen (secondary N) is 1. The lowest BCUT2D eigenvalue weighted by Gasteiger charge is -2.16. The highest BCUT2D eigenvalue weighted by molar-refractivity contribution is 8.26. The van der Waals surface area contributed by atoms with Crippen LogP contribution in [0.4, 0.5) is 0 Å². The van der Waals surface area contributed by atoms with Crippen molar-refractivity contribution in [3.05, 3.63) is 76.8 Å². The average Bonchev–Trinajstić information content (AvgIpc) is 2.96. The number of rotatable bonds is 3. The van der Waals surface area contributed by atoms with Crippen molar-refractivity contribution in [1.82, 2.24) is 15.4 Å². The molecule has 2 aromatic carbocycles. The molecule has 2 N–H and O–H groups in total. The monoisotopic (exact) mass is 407 g/mol. The van der Waals surface area contributed by atoms with E-state index < -0.39 is 11.8 Å². The number of aromatic nitrogens is 1. The predicted octanol–water partition coefficient (Wildman–Crippen LogP) is 3.49. The van der Waals surface area contributed by atoms with Gasteiger partial charge in [-0.25, -0.2) is 0 Å². The molecule has 6 nitrogen and oxygen atoms in total. The summed E-state index contributed by atoms with van der Waals surface area (Å²) < 4.78 is 0.207. The number of thiocarbonyl (C=S) groups is 1. The molecule has 0 atom stereocenters. The maximum absolute atomic E-state index is 12.8. The maximum Gasteiger partial charge on any atom is 0.285 e. The zero-order valence-corrected chi connectivity index (χ0v) is 16.0. The molecule has 1 aromatic heterocycles. The molecule has 138 valence electrons. The summed E-state index contributed by atoms with van der Waals surface area (Å²) >= 11 is 6.34. The van der Waals surface area contributed by atoms with Gasteiger partial charge in [0.25, 0.3) is 11.8 Å². The van der Waals surface area contributed by atoms with E-state index in [0.717, 1.165) is 33.2 Å². The summed E-state index contributed by atoms with van der Waals surface area (Å²) in [6.45, 7) is 0. The third-order valence-corrected chi connectivity index (χ3v) is 5.43. The van der Waals surface area contributed by atoms with Gasteiger partial charge >= 0.3 is 0 Å². The Hall–Kier alpha value is -3.23. The molecule has 3 aromatic rings. The van der Waals surface area contributed by atoms with Crippen molar-refractivity contribution < 1.29 is 14.7 Å². The van der Waals surface area contributed by atoms with E-state index in [9.17, 15) is 14.7 Å². The Balaban J connectivity index is 1.61. The summed E-state index contributed by atoms with van der Waals surface area (Å²) in [6, 6.07) is 15.5. The number of pyridine rings is 1. The minimum atomic E-state index is -0.620. The molecule has 0 spiro atoms. The molecule has 1 aliphatic heterocycles. The lowest BCUT2D eigenvalue weighted by Crippen LogP contribution is -2.44. The first-order chi connectivity index (χ1) is 13.5. The number of hydrogen-bond acceptors (Lipinski definition) is 6. The quantitative estimate of drug-likeness (QED) is 0.511. The first kappa shape index (κ1) is 18.1. The first-order valence-corrected chi connectivity index (χ1v) is 9.48. The van der Waals surface area contributed by atoms with E-state index in [1.54, 1.807) is 24.4 Å². The summed E-state index contributed by atoms with van der Waals surface area (Å²) in [5.41, 5.74) is 4.16. The van der Waals surface area contributed by atoms with Crippen LogP contribution >= 0.6 is 24.0 Å². The van der Waals surface area contributed by atoms with Crippen LogP contribution in [0.25, 0.3) is 17.0 Å².